The Morgan fingerprint density at radius 1 is 1.20 bits per heavy atom. The molecule has 8 nitrogen and oxygen atoms in total. The van der Waals surface area contributed by atoms with Gasteiger partial charge in [-0.2, -0.15) is 0 Å². The number of nitrogens with one attached hydrogen (secondary N) is 2. The van der Waals surface area contributed by atoms with Crippen molar-refractivity contribution in [2.45, 2.75) is 39.7 Å². The number of pyridine rings is 1. The highest BCUT2D eigenvalue weighted by atomic mass is 16.5. The second kappa shape index (κ2) is 13.1. The van der Waals surface area contributed by atoms with Gasteiger partial charge in [-0.05, 0) is 31.4 Å². The standard InChI is InChI=1S/C22H38N6O2/c1-5-30-19(18(2)3)9-12-25-22(23-4)26-13-10-21(29)28-16-14-27(15-17-28)20-8-6-7-11-24-20/h6-8,11,18-19H,5,9-10,12-17H2,1-4H3,(H2,23,25,26). The van der Waals surface area contributed by atoms with Crippen LogP contribution in [0.1, 0.15) is 33.6 Å². The second-order valence-corrected chi connectivity index (χ2v) is 7.76. The van der Waals surface area contributed by atoms with Gasteiger partial charge in [0.15, 0.2) is 5.96 Å². The van der Waals surface area contributed by atoms with Gasteiger partial charge in [0.2, 0.25) is 5.91 Å². The Kier molecular flexibility index (Phi) is 10.4. The molecule has 1 saturated heterocycles. The van der Waals surface area contributed by atoms with Crippen LogP contribution in [-0.4, -0.2) is 80.8 Å². The zero-order valence-corrected chi connectivity index (χ0v) is 18.9. The number of carbonyl (C=O) groups is 1. The van der Waals surface area contributed by atoms with E-state index in [9.17, 15) is 4.79 Å². The largest absolute Gasteiger partial charge is 0.378 e. The Morgan fingerprint density at radius 3 is 2.53 bits per heavy atom. The van der Waals surface area contributed by atoms with Gasteiger partial charge in [-0.1, -0.05) is 19.9 Å². The molecule has 168 valence electrons. The van der Waals surface area contributed by atoms with Crippen molar-refractivity contribution in [3.8, 4) is 0 Å². The predicted octanol–water partition coefficient (Wildman–Crippen LogP) is 1.74. The summed E-state index contributed by atoms with van der Waals surface area (Å²) in [5.74, 6) is 2.36. The van der Waals surface area contributed by atoms with Crippen LogP contribution in [0.15, 0.2) is 29.4 Å². The lowest BCUT2D eigenvalue weighted by Crippen LogP contribution is -2.49. The summed E-state index contributed by atoms with van der Waals surface area (Å²) in [6, 6.07) is 5.92. The highest BCUT2D eigenvalue weighted by molar-refractivity contribution is 5.81. The van der Waals surface area contributed by atoms with Crippen molar-refractivity contribution < 1.29 is 9.53 Å². The van der Waals surface area contributed by atoms with E-state index in [-0.39, 0.29) is 12.0 Å². The Hall–Kier alpha value is -2.35. The minimum Gasteiger partial charge on any atom is -0.378 e. The number of aliphatic imine (C=N–C) groups is 1. The van der Waals surface area contributed by atoms with Crippen LogP contribution < -0.4 is 15.5 Å². The average Bonchev–Trinajstić information content (AvgIpc) is 2.77. The molecule has 8 heteroatoms. The summed E-state index contributed by atoms with van der Waals surface area (Å²) in [6.45, 7) is 11.6. The summed E-state index contributed by atoms with van der Waals surface area (Å²) in [5.41, 5.74) is 0. The van der Waals surface area contributed by atoms with Crippen LogP contribution in [0.5, 0.6) is 0 Å². The van der Waals surface area contributed by atoms with E-state index in [1.165, 1.54) is 0 Å². The summed E-state index contributed by atoms with van der Waals surface area (Å²) in [7, 11) is 1.75. The Bertz CT molecular complexity index is 644. The van der Waals surface area contributed by atoms with E-state index >= 15 is 0 Å². The first-order chi connectivity index (χ1) is 14.5. The summed E-state index contributed by atoms with van der Waals surface area (Å²) < 4.78 is 5.78. The molecule has 30 heavy (non-hydrogen) atoms. The van der Waals surface area contributed by atoms with Gasteiger partial charge in [0.25, 0.3) is 0 Å². The highest BCUT2D eigenvalue weighted by Crippen LogP contribution is 2.13. The topological polar surface area (TPSA) is 82.1 Å². The Labute approximate surface area is 181 Å². The second-order valence-electron chi connectivity index (χ2n) is 7.76. The molecule has 2 N–H and O–H groups in total. The number of rotatable bonds is 10. The summed E-state index contributed by atoms with van der Waals surface area (Å²) in [5, 5.41) is 6.55. The molecule has 1 amide bonds. The fourth-order valence-corrected chi connectivity index (χ4v) is 3.55. The zero-order chi connectivity index (χ0) is 21.8. The maximum atomic E-state index is 12.5. The molecule has 1 aromatic rings. The van der Waals surface area contributed by atoms with Crippen LogP contribution >= 0.6 is 0 Å². The molecule has 0 radical (unpaired) electrons. The number of anilines is 1. The third kappa shape index (κ3) is 7.82. The average molecular weight is 419 g/mol. The van der Waals surface area contributed by atoms with E-state index in [0.29, 0.717) is 18.9 Å². The van der Waals surface area contributed by atoms with Crippen LogP contribution in [0.4, 0.5) is 5.82 Å². The Morgan fingerprint density at radius 2 is 1.93 bits per heavy atom. The quantitative estimate of drug-likeness (QED) is 0.445. The summed E-state index contributed by atoms with van der Waals surface area (Å²) in [4.78, 5) is 25.3. The number of hydrogen-bond acceptors (Lipinski definition) is 5. The van der Waals surface area contributed by atoms with Gasteiger partial charge >= 0.3 is 0 Å². The van der Waals surface area contributed by atoms with Crippen molar-refractivity contribution in [3.63, 3.8) is 0 Å². The molecule has 1 aromatic heterocycles. The van der Waals surface area contributed by atoms with E-state index in [4.69, 9.17) is 4.74 Å². The zero-order valence-electron chi connectivity index (χ0n) is 18.9. The summed E-state index contributed by atoms with van der Waals surface area (Å²) >= 11 is 0. The minimum absolute atomic E-state index is 0.176. The van der Waals surface area contributed by atoms with Crippen molar-refractivity contribution in [2.24, 2.45) is 10.9 Å². The van der Waals surface area contributed by atoms with E-state index in [1.807, 2.05) is 30.0 Å². The van der Waals surface area contributed by atoms with E-state index in [1.54, 1.807) is 13.2 Å². The van der Waals surface area contributed by atoms with Crippen molar-refractivity contribution in [3.05, 3.63) is 24.4 Å². The van der Waals surface area contributed by atoms with Crippen molar-refractivity contribution in [1.29, 1.82) is 0 Å². The van der Waals surface area contributed by atoms with Gasteiger partial charge in [0.1, 0.15) is 5.82 Å². The molecule has 2 rings (SSSR count). The molecule has 1 atom stereocenters. The van der Waals surface area contributed by atoms with E-state index in [2.05, 4.69) is 39.4 Å². The predicted molar refractivity (Wildman–Crippen MR) is 122 cm³/mol. The van der Waals surface area contributed by atoms with Crippen LogP contribution in [0.3, 0.4) is 0 Å². The SMILES string of the molecule is CCOC(CCNC(=NC)NCCC(=O)N1CCN(c2ccccn2)CC1)C(C)C. The number of amides is 1. The normalized spacial score (nSPS) is 16.0. The lowest BCUT2D eigenvalue weighted by Gasteiger charge is -2.35. The first-order valence-corrected chi connectivity index (χ1v) is 11.0. The molecule has 2 heterocycles. The maximum Gasteiger partial charge on any atom is 0.224 e. The summed E-state index contributed by atoms with van der Waals surface area (Å²) in [6.07, 6.45) is 3.43. The molecule has 1 aliphatic heterocycles. The number of guanidine groups is 1. The van der Waals surface area contributed by atoms with E-state index < -0.39 is 0 Å². The maximum absolute atomic E-state index is 12.5. The smallest absolute Gasteiger partial charge is 0.224 e. The monoisotopic (exact) mass is 418 g/mol. The van der Waals surface area contributed by atoms with Crippen molar-refractivity contribution >= 4 is 17.7 Å². The first-order valence-electron chi connectivity index (χ1n) is 11.0. The first kappa shape index (κ1) is 23.9. The number of aromatic nitrogens is 1. The molecular weight excluding hydrogens is 380 g/mol. The van der Waals surface area contributed by atoms with Gasteiger partial charge in [0.05, 0.1) is 6.10 Å². The molecule has 0 saturated carbocycles. The number of hydrogen-bond donors (Lipinski definition) is 2. The fraction of sp³-hybridized carbons (Fsp3) is 0.682. The van der Waals surface area contributed by atoms with E-state index in [0.717, 1.165) is 57.5 Å². The van der Waals surface area contributed by atoms with Crippen LogP contribution in [0.25, 0.3) is 0 Å². The van der Waals surface area contributed by atoms with Gasteiger partial charge in [0, 0.05) is 65.5 Å². The minimum atomic E-state index is 0.176. The molecular formula is C22H38N6O2. The lowest BCUT2D eigenvalue weighted by atomic mass is 10.0. The third-order valence-electron chi connectivity index (χ3n) is 5.31. The van der Waals surface area contributed by atoms with Gasteiger partial charge in [-0.15, -0.1) is 0 Å². The molecule has 0 bridgehead atoms. The molecule has 0 aliphatic carbocycles. The van der Waals surface area contributed by atoms with Crippen LogP contribution in [0.2, 0.25) is 0 Å². The molecule has 1 unspecified atom stereocenters. The van der Waals surface area contributed by atoms with Crippen LogP contribution in [-0.2, 0) is 9.53 Å². The van der Waals surface area contributed by atoms with Gasteiger partial charge in [-0.3, -0.25) is 9.79 Å². The number of piperazine rings is 1. The van der Waals surface area contributed by atoms with Crippen molar-refractivity contribution in [2.75, 3.05) is 57.8 Å². The fourth-order valence-electron chi connectivity index (χ4n) is 3.55. The van der Waals surface area contributed by atoms with Crippen LogP contribution in [0, 0.1) is 5.92 Å². The van der Waals surface area contributed by atoms with Gasteiger partial charge in [-0.25, -0.2) is 4.98 Å². The third-order valence-corrected chi connectivity index (χ3v) is 5.31. The molecule has 1 fully saturated rings. The number of ether oxygens (including phenoxy) is 1. The molecule has 1 aliphatic rings. The molecule has 0 spiro atoms. The number of nitrogens with zero attached hydrogens (tertiary/aromatic N) is 4. The van der Waals surface area contributed by atoms with Crippen molar-refractivity contribution in [1.82, 2.24) is 20.5 Å². The highest BCUT2D eigenvalue weighted by Gasteiger charge is 2.21. The Balaban J connectivity index is 1.64. The lowest BCUT2D eigenvalue weighted by molar-refractivity contribution is -0.131. The van der Waals surface area contributed by atoms with Gasteiger partial charge < -0.3 is 25.2 Å². The molecule has 0 aromatic carbocycles. The number of carbonyl (C=O) groups excluding carboxylic acids is 1.